The molecule has 1 aliphatic heterocycles. The molecule has 1 saturated heterocycles. The van der Waals surface area contributed by atoms with Crippen molar-refractivity contribution < 1.29 is 14.1 Å². The molecular formula is C20H19ClN4O3. The molecule has 3 aromatic rings. The van der Waals surface area contributed by atoms with Crippen LogP contribution in [0, 0.1) is 0 Å². The van der Waals surface area contributed by atoms with Crippen LogP contribution >= 0.6 is 11.6 Å². The zero-order chi connectivity index (χ0) is 19.5. The minimum absolute atomic E-state index is 0.0614. The van der Waals surface area contributed by atoms with Gasteiger partial charge in [-0.15, -0.1) is 0 Å². The third kappa shape index (κ3) is 3.71. The van der Waals surface area contributed by atoms with Crippen LogP contribution in [0.2, 0.25) is 5.02 Å². The number of carbonyl (C=O) groups excluding carboxylic acids is 1. The first-order valence-corrected chi connectivity index (χ1v) is 9.40. The van der Waals surface area contributed by atoms with Crippen molar-refractivity contribution in [2.75, 3.05) is 20.2 Å². The number of pyridine rings is 1. The number of ether oxygens (including phenoxy) is 1. The van der Waals surface area contributed by atoms with E-state index in [2.05, 4.69) is 15.1 Å². The highest BCUT2D eigenvalue weighted by molar-refractivity contribution is 6.30. The molecule has 0 unspecified atom stereocenters. The molecule has 1 fully saturated rings. The summed E-state index contributed by atoms with van der Waals surface area (Å²) >= 11 is 5.94. The highest BCUT2D eigenvalue weighted by atomic mass is 35.5. The number of amides is 1. The molecule has 0 radical (unpaired) electrons. The Bertz CT molecular complexity index is 983. The van der Waals surface area contributed by atoms with E-state index in [1.165, 1.54) is 12.4 Å². The molecular weight excluding hydrogens is 380 g/mol. The summed E-state index contributed by atoms with van der Waals surface area (Å²) in [5.74, 6) is 1.87. The van der Waals surface area contributed by atoms with E-state index in [4.69, 9.17) is 20.9 Å². The first kappa shape index (κ1) is 18.4. The number of aromatic nitrogens is 3. The maximum atomic E-state index is 12.6. The molecule has 1 aliphatic rings. The predicted molar refractivity (Wildman–Crippen MR) is 103 cm³/mol. The van der Waals surface area contributed by atoms with Crippen molar-refractivity contribution in [3.8, 4) is 17.1 Å². The number of benzene rings is 1. The second-order valence-corrected chi connectivity index (χ2v) is 7.05. The summed E-state index contributed by atoms with van der Waals surface area (Å²) in [4.78, 5) is 23.0. The topological polar surface area (TPSA) is 81.4 Å². The van der Waals surface area contributed by atoms with E-state index in [0.29, 0.717) is 41.1 Å². The summed E-state index contributed by atoms with van der Waals surface area (Å²) in [6.45, 7) is 1.23. The van der Waals surface area contributed by atoms with E-state index < -0.39 is 0 Å². The van der Waals surface area contributed by atoms with Gasteiger partial charge in [0.15, 0.2) is 0 Å². The second kappa shape index (κ2) is 7.98. The highest BCUT2D eigenvalue weighted by Crippen LogP contribution is 2.32. The lowest BCUT2D eigenvalue weighted by Gasteiger charge is -2.30. The number of rotatable bonds is 4. The van der Waals surface area contributed by atoms with Crippen LogP contribution in [0.3, 0.4) is 0 Å². The van der Waals surface area contributed by atoms with Crippen molar-refractivity contribution in [2.24, 2.45) is 0 Å². The Labute approximate surface area is 167 Å². The summed E-state index contributed by atoms with van der Waals surface area (Å²) < 4.78 is 10.9. The van der Waals surface area contributed by atoms with Crippen molar-refractivity contribution in [1.29, 1.82) is 0 Å². The van der Waals surface area contributed by atoms with E-state index in [1.54, 1.807) is 18.1 Å². The number of halogens is 1. The van der Waals surface area contributed by atoms with Gasteiger partial charge >= 0.3 is 0 Å². The Kier molecular flexibility index (Phi) is 5.25. The lowest BCUT2D eigenvalue weighted by Crippen LogP contribution is -2.38. The predicted octanol–water partition coefficient (Wildman–Crippen LogP) is 3.81. The zero-order valence-electron chi connectivity index (χ0n) is 15.3. The number of nitrogens with zero attached hydrogens (tertiary/aromatic N) is 4. The Morgan fingerprint density at radius 1 is 1.25 bits per heavy atom. The van der Waals surface area contributed by atoms with E-state index in [1.807, 2.05) is 24.3 Å². The minimum atomic E-state index is -0.0614. The summed E-state index contributed by atoms with van der Waals surface area (Å²) in [5, 5.41) is 4.57. The number of carbonyl (C=O) groups is 1. The molecule has 144 valence electrons. The van der Waals surface area contributed by atoms with Gasteiger partial charge in [0.25, 0.3) is 5.91 Å². The van der Waals surface area contributed by atoms with Crippen LogP contribution in [0.1, 0.15) is 35.0 Å². The van der Waals surface area contributed by atoms with E-state index in [-0.39, 0.29) is 11.8 Å². The second-order valence-electron chi connectivity index (χ2n) is 6.61. The first-order valence-electron chi connectivity index (χ1n) is 9.02. The third-order valence-corrected chi connectivity index (χ3v) is 5.08. The molecule has 28 heavy (non-hydrogen) atoms. The number of methoxy groups -OCH3 is 1. The average molecular weight is 399 g/mol. The Morgan fingerprint density at radius 2 is 2.04 bits per heavy atom. The van der Waals surface area contributed by atoms with Gasteiger partial charge in [-0.25, -0.2) is 0 Å². The average Bonchev–Trinajstić information content (AvgIpc) is 3.23. The molecule has 1 aromatic carbocycles. The Morgan fingerprint density at radius 3 is 2.79 bits per heavy atom. The normalized spacial score (nSPS) is 14.9. The Balaban J connectivity index is 1.43. The van der Waals surface area contributed by atoms with Gasteiger partial charge in [0.1, 0.15) is 5.75 Å². The molecule has 0 bridgehead atoms. The number of hydrogen-bond acceptors (Lipinski definition) is 6. The molecule has 4 rings (SSSR count). The fourth-order valence-electron chi connectivity index (χ4n) is 3.38. The van der Waals surface area contributed by atoms with Gasteiger partial charge in [-0.3, -0.25) is 9.78 Å². The molecule has 0 atom stereocenters. The lowest BCUT2D eigenvalue weighted by atomic mass is 9.96. The molecule has 0 spiro atoms. The largest absolute Gasteiger partial charge is 0.496 e. The fraction of sp³-hybridized carbons (Fsp3) is 0.300. The molecule has 1 amide bonds. The van der Waals surface area contributed by atoms with Crippen molar-refractivity contribution in [3.05, 3.63) is 59.2 Å². The van der Waals surface area contributed by atoms with Gasteiger partial charge < -0.3 is 14.2 Å². The molecule has 8 heteroatoms. The van der Waals surface area contributed by atoms with Crippen LogP contribution in [-0.2, 0) is 0 Å². The maximum Gasteiger partial charge on any atom is 0.255 e. The van der Waals surface area contributed by atoms with Crippen LogP contribution in [0.15, 0.2) is 47.2 Å². The Hall–Kier alpha value is -2.93. The van der Waals surface area contributed by atoms with Crippen LogP contribution < -0.4 is 4.74 Å². The van der Waals surface area contributed by atoms with Crippen LogP contribution in [-0.4, -0.2) is 46.1 Å². The summed E-state index contributed by atoms with van der Waals surface area (Å²) in [6.07, 6.45) is 4.57. The highest BCUT2D eigenvalue weighted by Gasteiger charge is 2.28. The smallest absolute Gasteiger partial charge is 0.255 e. The molecule has 0 N–H and O–H groups in total. The lowest BCUT2D eigenvalue weighted by molar-refractivity contribution is 0.0704. The van der Waals surface area contributed by atoms with Gasteiger partial charge in [-0.2, -0.15) is 4.98 Å². The molecule has 2 aromatic heterocycles. The van der Waals surface area contributed by atoms with E-state index >= 15 is 0 Å². The van der Waals surface area contributed by atoms with Crippen LogP contribution in [0.5, 0.6) is 5.75 Å². The van der Waals surface area contributed by atoms with E-state index in [0.717, 1.165) is 18.4 Å². The standard InChI is InChI=1S/C20H19ClN4O3/c1-27-17-5-3-2-4-16(17)18-23-19(28-24-18)13-6-8-25(9-7-13)20(26)14-10-15(21)12-22-11-14/h2-5,10-13H,6-9H2,1H3. The zero-order valence-corrected chi connectivity index (χ0v) is 16.1. The van der Waals surface area contributed by atoms with Crippen molar-refractivity contribution in [2.45, 2.75) is 18.8 Å². The van der Waals surface area contributed by atoms with Crippen molar-refractivity contribution in [1.82, 2.24) is 20.0 Å². The van der Waals surface area contributed by atoms with Crippen LogP contribution in [0.25, 0.3) is 11.4 Å². The van der Waals surface area contributed by atoms with Gasteiger partial charge in [0.05, 0.1) is 23.3 Å². The minimum Gasteiger partial charge on any atom is -0.496 e. The fourth-order valence-corrected chi connectivity index (χ4v) is 3.55. The molecule has 0 aliphatic carbocycles. The summed E-state index contributed by atoms with van der Waals surface area (Å²) in [6, 6.07) is 9.20. The van der Waals surface area contributed by atoms with Crippen molar-refractivity contribution >= 4 is 17.5 Å². The number of hydrogen-bond donors (Lipinski definition) is 0. The molecule has 7 nitrogen and oxygen atoms in total. The quantitative estimate of drug-likeness (QED) is 0.664. The summed E-state index contributed by atoms with van der Waals surface area (Å²) in [7, 11) is 1.61. The SMILES string of the molecule is COc1ccccc1-c1noc(C2CCN(C(=O)c3cncc(Cl)c3)CC2)n1. The van der Waals surface area contributed by atoms with Gasteiger partial charge in [0.2, 0.25) is 11.7 Å². The van der Waals surface area contributed by atoms with Gasteiger partial charge in [0, 0.05) is 31.4 Å². The van der Waals surface area contributed by atoms with Crippen molar-refractivity contribution in [3.63, 3.8) is 0 Å². The van der Waals surface area contributed by atoms with E-state index in [9.17, 15) is 4.79 Å². The summed E-state index contributed by atoms with van der Waals surface area (Å²) in [5.41, 5.74) is 1.29. The van der Waals surface area contributed by atoms with Gasteiger partial charge in [-0.1, -0.05) is 28.9 Å². The third-order valence-electron chi connectivity index (χ3n) is 4.87. The number of para-hydroxylation sites is 1. The number of likely N-dealkylation sites (tertiary alicyclic amines) is 1. The number of piperidine rings is 1. The first-order chi connectivity index (χ1) is 13.7. The molecule has 0 saturated carbocycles. The maximum absolute atomic E-state index is 12.6. The monoisotopic (exact) mass is 398 g/mol. The molecule has 3 heterocycles. The van der Waals surface area contributed by atoms with Gasteiger partial charge in [-0.05, 0) is 31.0 Å². The van der Waals surface area contributed by atoms with Crippen LogP contribution in [0.4, 0.5) is 0 Å².